The molecule has 2 fully saturated rings. The first-order chi connectivity index (χ1) is 12.3. The number of hydrogen-bond donors (Lipinski definition) is 1. The van der Waals surface area contributed by atoms with Gasteiger partial charge in [0, 0.05) is 25.7 Å². The van der Waals surface area contributed by atoms with Crippen molar-refractivity contribution < 1.29 is 24.2 Å². The largest absolute Gasteiger partial charge is 0.461 e. The second-order valence-corrected chi connectivity index (χ2v) is 7.41. The third-order valence-electron chi connectivity index (χ3n) is 5.74. The molecule has 1 aromatic rings. The van der Waals surface area contributed by atoms with Gasteiger partial charge in [-0.05, 0) is 5.56 Å². The first kappa shape index (κ1) is 20.1. The van der Waals surface area contributed by atoms with Gasteiger partial charge in [0.05, 0.1) is 37.9 Å². The molecule has 0 aliphatic carbocycles. The van der Waals surface area contributed by atoms with E-state index >= 15 is 0 Å². The van der Waals surface area contributed by atoms with E-state index in [0.29, 0.717) is 12.1 Å². The number of hydrogen-bond acceptors (Lipinski definition) is 6. The maximum Gasteiger partial charge on any atom is 0.316 e. The topological polar surface area (TPSA) is 113 Å². The molecule has 2 saturated heterocycles. The summed E-state index contributed by atoms with van der Waals surface area (Å²) in [7, 11) is 4.59. The average molecular weight is 366 g/mol. The fourth-order valence-electron chi connectivity index (χ4n) is 4.17. The summed E-state index contributed by atoms with van der Waals surface area (Å²) in [6.07, 6.45) is 4.36. The Morgan fingerprint density at radius 1 is 1.23 bits per heavy atom. The van der Waals surface area contributed by atoms with Crippen LogP contribution in [0.2, 0.25) is 0 Å². The van der Waals surface area contributed by atoms with Gasteiger partial charge in [0.25, 0.3) is 0 Å². The van der Waals surface area contributed by atoms with Crippen LogP contribution in [0.4, 0.5) is 0 Å². The summed E-state index contributed by atoms with van der Waals surface area (Å²) in [5.41, 5.74) is 0.824. The fraction of sp³-hybridized carbons (Fsp3) is 0.611. The van der Waals surface area contributed by atoms with Crippen molar-refractivity contribution in [3.05, 3.63) is 51.2 Å². The predicted molar refractivity (Wildman–Crippen MR) is 94.7 cm³/mol. The number of aliphatic hydroxyl groups is 1. The Bertz CT molecular complexity index is 601. The van der Waals surface area contributed by atoms with Gasteiger partial charge in [-0.25, -0.2) is 0 Å². The number of piperidine rings is 1. The quantitative estimate of drug-likeness (QED) is 0.376. The molecule has 2 aliphatic heterocycles. The summed E-state index contributed by atoms with van der Waals surface area (Å²) in [5, 5.41) is 24.3. The van der Waals surface area contributed by atoms with Gasteiger partial charge in [0.15, 0.2) is 0 Å². The summed E-state index contributed by atoms with van der Waals surface area (Å²) in [4.78, 5) is 20.7. The van der Waals surface area contributed by atoms with E-state index in [1.807, 2.05) is 30.3 Å². The third-order valence-corrected chi connectivity index (χ3v) is 5.74. The summed E-state index contributed by atoms with van der Waals surface area (Å²) in [6, 6.07) is 10.6. The number of ether oxygens (including phenoxy) is 1. The number of carbonyl (C=O) groups excluding carboxylic acids is 1. The Balaban J connectivity index is 0.000000552. The number of aliphatic hydroxyl groups excluding tert-OH is 1. The van der Waals surface area contributed by atoms with Crippen LogP contribution in [0.5, 0.6) is 0 Å². The molecule has 0 spiro atoms. The highest BCUT2D eigenvalue weighted by Gasteiger charge is 2.50. The van der Waals surface area contributed by atoms with Gasteiger partial charge >= 0.3 is 5.97 Å². The molecule has 144 valence electrons. The minimum Gasteiger partial charge on any atom is -0.461 e. The van der Waals surface area contributed by atoms with Crippen LogP contribution < -0.4 is 0 Å². The van der Waals surface area contributed by atoms with Crippen molar-refractivity contribution in [1.29, 1.82) is 0 Å². The SMILES string of the molecule is C[N+]1(C)[C@@H]2CC[C@@H]1CC(OC(=O)C(CO)c1ccccc1)C2.O=[N+]([O-])[O-]. The maximum absolute atomic E-state index is 12.5. The number of nitrogens with zero attached hydrogens (tertiary/aromatic N) is 2. The molecule has 0 saturated carbocycles. The molecule has 2 heterocycles. The monoisotopic (exact) mass is 366 g/mol. The zero-order valence-corrected chi connectivity index (χ0v) is 15.1. The molecule has 1 aromatic carbocycles. The number of rotatable bonds is 4. The minimum atomic E-state index is -1.75. The van der Waals surface area contributed by atoms with Crippen LogP contribution >= 0.6 is 0 Å². The second kappa shape index (κ2) is 8.46. The van der Waals surface area contributed by atoms with E-state index in [9.17, 15) is 9.90 Å². The van der Waals surface area contributed by atoms with E-state index in [1.54, 1.807) is 0 Å². The van der Waals surface area contributed by atoms with Crippen LogP contribution in [0.3, 0.4) is 0 Å². The fourth-order valence-corrected chi connectivity index (χ4v) is 4.17. The molecule has 2 aliphatic rings. The van der Waals surface area contributed by atoms with Gasteiger partial charge in [-0.1, -0.05) is 30.3 Å². The molecule has 26 heavy (non-hydrogen) atoms. The standard InChI is InChI=1S/C18H26NO3.NO3/c1-19(2)14-8-9-15(19)11-16(10-14)22-18(21)17(12-20)13-6-4-3-5-7-13;2-1(3)4/h3-7,14-17,20H,8-12H2,1-2H3;/q+1;-1/t14-,15-,17?;/m1./s1. The van der Waals surface area contributed by atoms with Gasteiger partial charge in [-0.2, -0.15) is 0 Å². The highest BCUT2D eigenvalue weighted by molar-refractivity contribution is 5.78. The first-order valence-electron chi connectivity index (χ1n) is 8.76. The van der Waals surface area contributed by atoms with E-state index in [2.05, 4.69) is 14.1 Å². The van der Waals surface area contributed by atoms with Crippen LogP contribution in [0.15, 0.2) is 30.3 Å². The zero-order valence-electron chi connectivity index (χ0n) is 15.1. The molecule has 1 unspecified atom stereocenters. The van der Waals surface area contributed by atoms with Crippen molar-refractivity contribution in [2.45, 2.75) is 49.8 Å². The molecule has 0 radical (unpaired) electrons. The number of quaternary nitrogens is 1. The molecule has 3 atom stereocenters. The molecule has 3 rings (SSSR count). The zero-order chi connectivity index (χ0) is 19.3. The number of fused-ring (bicyclic) bond motifs is 2. The van der Waals surface area contributed by atoms with Crippen LogP contribution in [0.25, 0.3) is 0 Å². The van der Waals surface area contributed by atoms with Gasteiger partial charge < -0.3 is 29.6 Å². The highest BCUT2D eigenvalue weighted by Crippen LogP contribution is 2.40. The van der Waals surface area contributed by atoms with Gasteiger partial charge in [-0.15, -0.1) is 0 Å². The molecule has 0 aromatic heterocycles. The van der Waals surface area contributed by atoms with Crippen molar-refractivity contribution in [3.8, 4) is 0 Å². The molecule has 2 bridgehead atoms. The minimum absolute atomic E-state index is 0.00825. The van der Waals surface area contributed by atoms with Crippen molar-refractivity contribution in [2.75, 3.05) is 20.7 Å². The van der Waals surface area contributed by atoms with Crippen molar-refractivity contribution >= 4 is 5.97 Å². The molecule has 1 N–H and O–H groups in total. The Hall–Kier alpha value is -2.19. The molecule has 0 amide bonds. The van der Waals surface area contributed by atoms with E-state index in [4.69, 9.17) is 20.1 Å². The predicted octanol–water partition coefficient (Wildman–Crippen LogP) is 1.84. The highest BCUT2D eigenvalue weighted by atomic mass is 16.9. The Morgan fingerprint density at radius 2 is 1.73 bits per heavy atom. The summed E-state index contributed by atoms with van der Waals surface area (Å²) in [5.74, 6) is -0.853. The lowest BCUT2D eigenvalue weighted by Gasteiger charge is -2.44. The lowest BCUT2D eigenvalue weighted by Crippen LogP contribution is -2.56. The molecule has 8 nitrogen and oxygen atoms in total. The summed E-state index contributed by atoms with van der Waals surface area (Å²) >= 11 is 0. The van der Waals surface area contributed by atoms with Crippen molar-refractivity contribution in [3.63, 3.8) is 0 Å². The summed E-state index contributed by atoms with van der Waals surface area (Å²) < 4.78 is 6.83. The lowest BCUT2D eigenvalue weighted by molar-refractivity contribution is -0.931. The lowest BCUT2D eigenvalue weighted by atomic mass is 9.96. The smallest absolute Gasteiger partial charge is 0.316 e. The first-order valence-corrected chi connectivity index (χ1v) is 8.76. The third kappa shape index (κ3) is 4.70. The Kier molecular flexibility index (Phi) is 6.55. The van der Waals surface area contributed by atoms with Crippen molar-refractivity contribution in [2.24, 2.45) is 0 Å². The van der Waals surface area contributed by atoms with Crippen LogP contribution in [0.1, 0.15) is 37.2 Å². The Morgan fingerprint density at radius 3 is 2.19 bits per heavy atom. The normalized spacial score (nSPS) is 27.0. The van der Waals surface area contributed by atoms with E-state index < -0.39 is 11.0 Å². The Labute approximate surface area is 152 Å². The van der Waals surface area contributed by atoms with E-state index in [-0.39, 0.29) is 18.7 Å². The van der Waals surface area contributed by atoms with Gasteiger partial charge in [0.1, 0.15) is 12.0 Å². The maximum atomic E-state index is 12.5. The second-order valence-electron chi connectivity index (χ2n) is 7.41. The van der Waals surface area contributed by atoms with Crippen LogP contribution in [0, 0.1) is 15.3 Å². The molecular weight excluding hydrogens is 340 g/mol. The molecule has 8 heteroatoms. The summed E-state index contributed by atoms with van der Waals surface area (Å²) in [6.45, 7) is -0.204. The van der Waals surface area contributed by atoms with E-state index in [1.165, 1.54) is 12.8 Å². The number of benzene rings is 1. The van der Waals surface area contributed by atoms with Gasteiger partial charge in [-0.3, -0.25) is 4.79 Å². The molecular formula is C18H26N2O6. The van der Waals surface area contributed by atoms with Crippen LogP contribution in [-0.2, 0) is 9.53 Å². The average Bonchev–Trinajstić information content (AvgIpc) is 2.75. The number of carbonyl (C=O) groups is 1. The number of esters is 1. The van der Waals surface area contributed by atoms with Crippen LogP contribution in [-0.4, -0.2) is 59.5 Å². The van der Waals surface area contributed by atoms with E-state index in [0.717, 1.165) is 22.9 Å². The van der Waals surface area contributed by atoms with Gasteiger partial charge in [0.2, 0.25) is 0 Å². The van der Waals surface area contributed by atoms with Crippen molar-refractivity contribution in [1.82, 2.24) is 0 Å².